The van der Waals surface area contributed by atoms with Crippen molar-refractivity contribution in [3.63, 3.8) is 0 Å². The van der Waals surface area contributed by atoms with Crippen molar-refractivity contribution >= 4 is 49.8 Å². The fourth-order valence-electron chi connectivity index (χ4n) is 3.75. The summed E-state index contributed by atoms with van der Waals surface area (Å²) in [4.78, 5) is 29.4. The molecule has 1 aliphatic rings. The van der Waals surface area contributed by atoms with Crippen LogP contribution in [0.1, 0.15) is 34.9 Å². The van der Waals surface area contributed by atoms with Gasteiger partial charge < -0.3 is 14.2 Å². The molecule has 0 saturated heterocycles. The molecule has 0 aliphatic heterocycles. The number of halogens is 1. The molecule has 1 atom stereocenters. The molecule has 1 saturated carbocycles. The van der Waals surface area contributed by atoms with Crippen LogP contribution >= 0.6 is 22.9 Å². The lowest BCUT2D eigenvalue weighted by Gasteiger charge is -2.19. The normalized spacial score (nSPS) is 13.8. The minimum atomic E-state index is -3.37. The number of methoxy groups -OCH3 is 1. The van der Waals surface area contributed by atoms with Gasteiger partial charge in [0.25, 0.3) is 5.91 Å². The molecule has 0 bridgehead atoms. The van der Waals surface area contributed by atoms with Crippen LogP contribution in [0, 0.1) is 0 Å². The molecule has 1 unspecified atom stereocenters. The van der Waals surface area contributed by atoms with Gasteiger partial charge in [-0.2, -0.15) is 0 Å². The molecule has 1 fully saturated rings. The number of thiazole rings is 1. The van der Waals surface area contributed by atoms with Crippen LogP contribution in [0.4, 0.5) is 5.13 Å². The third-order valence-electron chi connectivity index (χ3n) is 5.99. The number of hydrogen-bond donors (Lipinski definition) is 1. The Morgan fingerprint density at radius 3 is 2.25 bits per heavy atom. The Bertz CT molecular complexity index is 1620. The monoisotopic (exact) mass is 598 g/mol. The average Bonchev–Trinajstić information content (AvgIpc) is 3.74. The van der Waals surface area contributed by atoms with Crippen LogP contribution in [0.3, 0.4) is 0 Å². The first kappa shape index (κ1) is 27.6. The molecule has 1 aromatic heterocycles. The van der Waals surface area contributed by atoms with E-state index < -0.39 is 27.8 Å². The summed E-state index contributed by atoms with van der Waals surface area (Å²) in [5, 5.41) is 3.59. The maximum atomic E-state index is 13.4. The summed E-state index contributed by atoms with van der Waals surface area (Å²) in [6.45, 7) is 0. The number of carbonyl (C=O) groups excluding carboxylic acids is 2. The molecular weight excluding hydrogens is 576 g/mol. The van der Waals surface area contributed by atoms with Crippen molar-refractivity contribution in [2.24, 2.45) is 0 Å². The number of nitrogens with zero attached hydrogens (tertiary/aromatic N) is 1. The zero-order valence-electron chi connectivity index (χ0n) is 21.1. The molecule has 4 aromatic rings. The van der Waals surface area contributed by atoms with Gasteiger partial charge in [-0.15, -0.1) is 0 Å². The Labute approximate surface area is 239 Å². The van der Waals surface area contributed by atoms with Crippen LogP contribution in [-0.4, -0.2) is 37.6 Å². The molecule has 206 valence electrons. The van der Waals surface area contributed by atoms with Crippen molar-refractivity contribution in [2.45, 2.75) is 29.1 Å². The maximum Gasteiger partial charge on any atom is 0.337 e. The lowest BCUT2D eigenvalue weighted by molar-refractivity contribution is -0.123. The van der Waals surface area contributed by atoms with Crippen LogP contribution in [0.25, 0.3) is 0 Å². The summed E-state index contributed by atoms with van der Waals surface area (Å²) in [6, 6.07) is 19.1. The molecule has 5 rings (SSSR count). The summed E-state index contributed by atoms with van der Waals surface area (Å²) >= 11 is 7.08. The molecule has 1 aliphatic carbocycles. The zero-order chi connectivity index (χ0) is 28.3. The van der Waals surface area contributed by atoms with Crippen molar-refractivity contribution in [2.75, 3.05) is 12.4 Å². The third-order valence-corrected chi connectivity index (χ3v) is 9.31. The minimum absolute atomic E-state index is 0.214. The predicted octanol–water partition coefficient (Wildman–Crippen LogP) is 6.07. The van der Waals surface area contributed by atoms with Crippen LogP contribution in [0.2, 0.25) is 5.02 Å². The highest BCUT2D eigenvalue weighted by atomic mass is 35.5. The maximum absolute atomic E-state index is 13.4. The summed E-state index contributed by atoms with van der Waals surface area (Å²) in [5.41, 5.74) is 0.845. The Morgan fingerprint density at radius 2 is 1.62 bits per heavy atom. The lowest BCUT2D eigenvalue weighted by atomic mass is 10.1. The summed E-state index contributed by atoms with van der Waals surface area (Å²) in [7, 11) is -2.07. The van der Waals surface area contributed by atoms with E-state index in [-0.39, 0.29) is 15.3 Å². The molecule has 0 radical (unpaired) electrons. The van der Waals surface area contributed by atoms with Gasteiger partial charge in [0.05, 0.1) is 29.0 Å². The van der Waals surface area contributed by atoms with E-state index >= 15 is 0 Å². The van der Waals surface area contributed by atoms with Crippen molar-refractivity contribution in [3.8, 4) is 16.6 Å². The number of sulfone groups is 1. The Balaban J connectivity index is 1.32. The van der Waals surface area contributed by atoms with Gasteiger partial charge in [0.2, 0.25) is 11.2 Å². The minimum Gasteiger partial charge on any atom is -0.476 e. The van der Waals surface area contributed by atoms with E-state index in [2.05, 4.69) is 10.3 Å². The van der Waals surface area contributed by atoms with Gasteiger partial charge in [0.1, 0.15) is 11.5 Å². The van der Waals surface area contributed by atoms with Crippen molar-refractivity contribution < 1.29 is 32.2 Å². The van der Waals surface area contributed by atoms with E-state index in [0.29, 0.717) is 45.6 Å². The van der Waals surface area contributed by atoms with Gasteiger partial charge in [-0.3, -0.25) is 10.1 Å². The number of benzene rings is 3. The quantitative estimate of drug-likeness (QED) is 0.218. The first-order valence-electron chi connectivity index (χ1n) is 12.1. The van der Waals surface area contributed by atoms with Crippen molar-refractivity contribution in [3.05, 3.63) is 95.1 Å². The highest BCUT2D eigenvalue weighted by Gasteiger charge is 2.37. The number of amides is 1. The second-order valence-corrected chi connectivity index (χ2v) is 12.5. The predicted molar refractivity (Wildman–Crippen MR) is 150 cm³/mol. The van der Waals surface area contributed by atoms with Crippen molar-refractivity contribution in [1.29, 1.82) is 0 Å². The number of nitrogens with one attached hydrogen (secondary N) is 1. The van der Waals surface area contributed by atoms with Crippen LogP contribution in [0.15, 0.2) is 83.9 Å². The fraction of sp³-hybridized carbons (Fsp3) is 0.179. The number of carbonyl (C=O) groups is 2. The molecule has 1 amide bonds. The van der Waals surface area contributed by atoms with Gasteiger partial charge in [0, 0.05) is 10.6 Å². The lowest BCUT2D eigenvalue weighted by Crippen LogP contribution is -2.25. The molecule has 40 heavy (non-hydrogen) atoms. The van der Waals surface area contributed by atoms with Crippen LogP contribution < -0.4 is 14.8 Å². The Kier molecular flexibility index (Phi) is 8.06. The van der Waals surface area contributed by atoms with Gasteiger partial charge >= 0.3 is 5.97 Å². The molecular formula is C28H23ClN2O7S2. The number of ether oxygens (including phenoxy) is 3. The van der Waals surface area contributed by atoms with Gasteiger partial charge in [-0.1, -0.05) is 35.1 Å². The van der Waals surface area contributed by atoms with Crippen LogP contribution in [0.5, 0.6) is 16.6 Å². The third kappa shape index (κ3) is 6.44. The van der Waals surface area contributed by atoms with E-state index in [9.17, 15) is 18.0 Å². The number of anilines is 1. The average molecular weight is 599 g/mol. The number of hydrogen-bond acceptors (Lipinski definition) is 9. The van der Waals surface area contributed by atoms with Crippen LogP contribution in [-0.2, 0) is 19.4 Å². The summed E-state index contributed by atoms with van der Waals surface area (Å²) < 4.78 is 41.7. The molecule has 1 N–H and O–H groups in total. The Morgan fingerprint density at radius 1 is 0.975 bits per heavy atom. The molecule has 3 aromatic carbocycles. The number of esters is 1. The topological polar surface area (TPSA) is 121 Å². The molecule has 9 nitrogen and oxygen atoms in total. The molecule has 0 spiro atoms. The molecule has 1 heterocycles. The highest BCUT2D eigenvalue weighted by molar-refractivity contribution is 7.92. The zero-order valence-corrected chi connectivity index (χ0v) is 23.5. The second-order valence-electron chi connectivity index (χ2n) is 8.86. The molecule has 12 heteroatoms. The smallest absolute Gasteiger partial charge is 0.337 e. The van der Waals surface area contributed by atoms with E-state index in [4.69, 9.17) is 25.8 Å². The van der Waals surface area contributed by atoms with Gasteiger partial charge in [0.15, 0.2) is 15.0 Å². The van der Waals surface area contributed by atoms with Crippen molar-refractivity contribution in [1.82, 2.24) is 4.98 Å². The number of aromatic nitrogens is 1. The standard InChI is InChI=1S/C28H23ClN2O7S2/c1-36-27(33)18-2-8-20(9-3-18)37-24-16-30-28(39-24)31-26(32)25(38-21-10-6-19(29)7-11-21)17-4-12-22(13-5-17)40(34,35)23-14-15-23/h2-13,16,23,25H,14-15H2,1H3,(H,30,31,32). The first-order valence-corrected chi connectivity index (χ1v) is 14.9. The van der Waals surface area contributed by atoms with Gasteiger partial charge in [-0.25, -0.2) is 18.2 Å². The second kappa shape index (κ2) is 11.7. The van der Waals surface area contributed by atoms with E-state index in [1.165, 1.54) is 25.4 Å². The summed E-state index contributed by atoms with van der Waals surface area (Å²) in [5.74, 6) is -0.0999. The highest BCUT2D eigenvalue weighted by Crippen LogP contribution is 2.35. The van der Waals surface area contributed by atoms with E-state index in [0.717, 1.165) is 11.3 Å². The first-order chi connectivity index (χ1) is 19.2. The van der Waals surface area contributed by atoms with Gasteiger partial charge in [-0.05, 0) is 73.5 Å². The fourth-order valence-corrected chi connectivity index (χ4v) is 6.23. The van der Waals surface area contributed by atoms with E-state index in [1.807, 2.05) is 0 Å². The largest absolute Gasteiger partial charge is 0.476 e. The van der Waals surface area contributed by atoms with E-state index in [1.54, 1.807) is 60.7 Å². The number of rotatable bonds is 10. The summed E-state index contributed by atoms with van der Waals surface area (Å²) in [6.07, 6.45) is 1.67. The Hall–Kier alpha value is -3.93. The SMILES string of the molecule is COC(=O)c1ccc(Oc2cnc(NC(=O)C(Oc3ccc(Cl)cc3)c3ccc(S(=O)(=O)C4CC4)cc3)s2)cc1.